The molecule has 134 valence electrons. The monoisotopic (exact) mass is 351 g/mol. The Bertz CT molecular complexity index is 964. The largest absolute Gasteiger partial charge is 0.423 e. The summed E-state index contributed by atoms with van der Waals surface area (Å²) in [6.07, 6.45) is 12.8. The maximum atomic E-state index is 10.3. The van der Waals surface area contributed by atoms with Crippen molar-refractivity contribution in [3.63, 3.8) is 0 Å². The second-order valence-corrected chi connectivity index (χ2v) is 7.09. The molecule has 0 aromatic carbocycles. The van der Waals surface area contributed by atoms with Crippen molar-refractivity contribution in [3.8, 4) is 11.5 Å². The van der Waals surface area contributed by atoms with Gasteiger partial charge in [-0.3, -0.25) is 0 Å². The quantitative estimate of drug-likeness (QED) is 0.685. The maximum absolute atomic E-state index is 10.3. The van der Waals surface area contributed by atoms with Gasteiger partial charge in [-0.25, -0.2) is 4.52 Å². The highest BCUT2D eigenvalue weighted by Crippen LogP contribution is 2.34. The van der Waals surface area contributed by atoms with Crippen LogP contribution >= 0.6 is 0 Å². The van der Waals surface area contributed by atoms with E-state index in [0.717, 1.165) is 28.9 Å². The fourth-order valence-corrected chi connectivity index (χ4v) is 3.27. The molecule has 0 fully saturated rings. The van der Waals surface area contributed by atoms with E-state index in [9.17, 15) is 5.11 Å². The van der Waals surface area contributed by atoms with Crippen LogP contribution in [0.15, 0.2) is 59.3 Å². The summed E-state index contributed by atoms with van der Waals surface area (Å²) in [5.41, 5.74) is 2.80. The summed E-state index contributed by atoms with van der Waals surface area (Å²) in [5.74, 6) is 0.511. The lowest BCUT2D eigenvalue weighted by Crippen LogP contribution is -2.26. The van der Waals surface area contributed by atoms with Crippen molar-refractivity contribution in [1.29, 1.82) is 0 Å². The van der Waals surface area contributed by atoms with Gasteiger partial charge in [0.2, 0.25) is 6.39 Å². The molecule has 26 heavy (non-hydrogen) atoms. The summed E-state index contributed by atoms with van der Waals surface area (Å²) in [6.45, 7) is 3.66. The van der Waals surface area contributed by atoms with E-state index in [1.165, 1.54) is 6.39 Å². The molecule has 0 saturated carbocycles. The number of nitrogens with zero attached hydrogens (tertiary/aromatic N) is 4. The van der Waals surface area contributed by atoms with Gasteiger partial charge >= 0.3 is 0 Å². The van der Waals surface area contributed by atoms with Gasteiger partial charge in [-0.15, -0.1) is 10.2 Å². The van der Waals surface area contributed by atoms with Crippen LogP contribution in [-0.4, -0.2) is 30.5 Å². The van der Waals surface area contributed by atoms with Gasteiger partial charge < -0.3 is 14.8 Å². The van der Waals surface area contributed by atoms with Crippen LogP contribution in [0, 0.1) is 5.92 Å². The zero-order valence-corrected chi connectivity index (χ0v) is 14.8. The fraction of sp³-hybridized carbons (Fsp3) is 0.316. The molecule has 0 bridgehead atoms. The van der Waals surface area contributed by atoms with Gasteiger partial charge in [0.25, 0.3) is 5.89 Å². The van der Waals surface area contributed by atoms with E-state index in [1.54, 1.807) is 10.7 Å². The SMILES string of the molecule is CC(C)(O)C[C@H]1C=CCC=C1Nc1c(-c2nnco2)cnn2cccc12. The van der Waals surface area contributed by atoms with Crippen molar-refractivity contribution < 1.29 is 9.52 Å². The Hall–Kier alpha value is -2.93. The van der Waals surface area contributed by atoms with Crippen molar-refractivity contribution >= 4 is 11.2 Å². The van der Waals surface area contributed by atoms with Crippen LogP contribution in [0.25, 0.3) is 17.0 Å². The number of fused-ring (bicyclic) bond motifs is 1. The third kappa shape index (κ3) is 3.25. The maximum Gasteiger partial charge on any atom is 0.251 e. The third-order valence-corrected chi connectivity index (χ3v) is 4.39. The smallest absolute Gasteiger partial charge is 0.251 e. The Kier molecular flexibility index (Phi) is 4.08. The molecule has 3 aromatic rings. The van der Waals surface area contributed by atoms with E-state index in [4.69, 9.17) is 4.42 Å². The number of aliphatic hydroxyl groups is 1. The molecule has 1 aliphatic carbocycles. The van der Waals surface area contributed by atoms with Gasteiger partial charge in [-0.2, -0.15) is 5.10 Å². The molecule has 3 aromatic heterocycles. The fourth-order valence-electron chi connectivity index (χ4n) is 3.27. The average Bonchev–Trinajstić information content (AvgIpc) is 3.26. The van der Waals surface area contributed by atoms with E-state index in [2.05, 4.69) is 38.8 Å². The normalized spacial score (nSPS) is 17.5. The van der Waals surface area contributed by atoms with Crippen LogP contribution in [0.1, 0.15) is 26.7 Å². The lowest BCUT2D eigenvalue weighted by Gasteiger charge is -2.28. The highest BCUT2D eigenvalue weighted by molar-refractivity contribution is 5.86. The minimum absolute atomic E-state index is 0.0995. The number of anilines is 1. The summed E-state index contributed by atoms with van der Waals surface area (Å²) in [5, 5.41) is 26.0. The molecule has 3 heterocycles. The van der Waals surface area contributed by atoms with Crippen molar-refractivity contribution in [2.75, 3.05) is 5.32 Å². The second kappa shape index (κ2) is 6.42. The lowest BCUT2D eigenvalue weighted by atomic mass is 9.88. The minimum Gasteiger partial charge on any atom is -0.423 e. The molecule has 2 N–H and O–H groups in total. The number of rotatable bonds is 5. The van der Waals surface area contributed by atoms with Crippen LogP contribution in [0.5, 0.6) is 0 Å². The van der Waals surface area contributed by atoms with Gasteiger partial charge in [-0.1, -0.05) is 18.2 Å². The Balaban J connectivity index is 1.75. The Morgan fingerprint density at radius 1 is 1.42 bits per heavy atom. The number of aromatic nitrogens is 4. The van der Waals surface area contributed by atoms with Crippen LogP contribution < -0.4 is 5.32 Å². The molecule has 7 nitrogen and oxygen atoms in total. The summed E-state index contributed by atoms with van der Waals surface area (Å²) in [7, 11) is 0. The molecule has 0 saturated heterocycles. The minimum atomic E-state index is -0.759. The number of hydrogen-bond acceptors (Lipinski definition) is 6. The first kappa shape index (κ1) is 16.5. The summed E-state index contributed by atoms with van der Waals surface area (Å²) >= 11 is 0. The summed E-state index contributed by atoms with van der Waals surface area (Å²) in [4.78, 5) is 0. The molecule has 0 unspecified atom stereocenters. The van der Waals surface area contributed by atoms with Crippen LogP contribution in [-0.2, 0) is 0 Å². The predicted molar refractivity (Wildman–Crippen MR) is 98.4 cm³/mol. The second-order valence-electron chi connectivity index (χ2n) is 7.09. The molecular formula is C19H21N5O2. The average molecular weight is 351 g/mol. The molecular weight excluding hydrogens is 330 g/mol. The van der Waals surface area contributed by atoms with Gasteiger partial charge in [0.05, 0.1) is 28.6 Å². The molecule has 1 atom stereocenters. The molecule has 0 aliphatic heterocycles. The van der Waals surface area contributed by atoms with Crippen LogP contribution in [0.4, 0.5) is 5.69 Å². The molecule has 1 aliphatic rings. The first-order valence-electron chi connectivity index (χ1n) is 8.60. The van der Waals surface area contributed by atoms with E-state index < -0.39 is 5.60 Å². The number of hydrogen-bond donors (Lipinski definition) is 2. The van der Waals surface area contributed by atoms with E-state index in [0.29, 0.717) is 12.3 Å². The van der Waals surface area contributed by atoms with Gasteiger partial charge in [0.1, 0.15) is 0 Å². The summed E-state index contributed by atoms with van der Waals surface area (Å²) in [6, 6.07) is 3.92. The highest BCUT2D eigenvalue weighted by Gasteiger charge is 2.24. The zero-order chi connectivity index (χ0) is 18.1. The van der Waals surface area contributed by atoms with Gasteiger partial charge in [0, 0.05) is 17.8 Å². The predicted octanol–water partition coefficient (Wildman–Crippen LogP) is 3.42. The highest BCUT2D eigenvalue weighted by atomic mass is 16.4. The van der Waals surface area contributed by atoms with E-state index in [-0.39, 0.29) is 5.92 Å². The molecule has 0 spiro atoms. The Labute approximate surface area is 151 Å². The van der Waals surface area contributed by atoms with Crippen molar-refractivity contribution in [2.24, 2.45) is 5.92 Å². The molecule has 0 radical (unpaired) electrons. The Morgan fingerprint density at radius 2 is 2.31 bits per heavy atom. The first-order chi connectivity index (χ1) is 12.5. The summed E-state index contributed by atoms with van der Waals surface area (Å²) < 4.78 is 7.20. The first-order valence-corrected chi connectivity index (χ1v) is 8.60. The third-order valence-electron chi connectivity index (χ3n) is 4.39. The lowest BCUT2D eigenvalue weighted by molar-refractivity contribution is 0.0630. The van der Waals surface area contributed by atoms with Gasteiger partial charge in [0.15, 0.2) is 0 Å². The molecule has 7 heteroatoms. The molecule has 4 rings (SSSR count). The van der Waals surface area contributed by atoms with Crippen molar-refractivity contribution in [3.05, 3.63) is 54.8 Å². The Morgan fingerprint density at radius 3 is 3.08 bits per heavy atom. The van der Waals surface area contributed by atoms with Crippen LogP contribution in [0.2, 0.25) is 0 Å². The van der Waals surface area contributed by atoms with Gasteiger partial charge in [-0.05, 0) is 38.8 Å². The topological polar surface area (TPSA) is 88.5 Å². The standard InChI is InChI=1S/C19H21N5O2/c1-19(2,25)10-13-6-3-4-7-15(13)22-17-14(18-23-20-12-26-18)11-21-24-9-5-8-16(17)24/h3,5-9,11-13,22,25H,4,10H2,1-2H3/t13-/m1/s1. The zero-order valence-electron chi connectivity index (χ0n) is 14.8. The molecule has 0 amide bonds. The van der Waals surface area contributed by atoms with Crippen molar-refractivity contribution in [1.82, 2.24) is 19.8 Å². The van der Waals surface area contributed by atoms with Crippen LogP contribution in [0.3, 0.4) is 0 Å². The number of nitrogens with one attached hydrogen (secondary N) is 1. The number of allylic oxidation sites excluding steroid dienone is 3. The van der Waals surface area contributed by atoms with E-state index >= 15 is 0 Å². The van der Waals surface area contributed by atoms with E-state index in [1.807, 2.05) is 32.2 Å². The van der Waals surface area contributed by atoms with Crippen molar-refractivity contribution in [2.45, 2.75) is 32.3 Å².